The predicted molar refractivity (Wildman–Crippen MR) is 110 cm³/mol. The highest BCUT2D eigenvalue weighted by Crippen LogP contribution is 2.83. The summed E-state index contributed by atoms with van der Waals surface area (Å²) >= 11 is 0. The van der Waals surface area contributed by atoms with E-state index in [0.717, 1.165) is 5.92 Å². The first kappa shape index (κ1) is 22.0. The zero-order valence-electron chi connectivity index (χ0n) is 19.7. The Labute approximate surface area is 154 Å². The molecule has 1 aliphatic carbocycles. The lowest BCUT2D eigenvalue weighted by atomic mass is 9.22. The summed E-state index contributed by atoms with van der Waals surface area (Å²) in [5.74, 6) is 2.06. The van der Waals surface area contributed by atoms with Gasteiger partial charge in [-0.15, -0.1) is 0 Å². The molecule has 0 amide bonds. The minimum Gasteiger partial charge on any atom is -0.0622 e. The minimum atomic E-state index is 0.266. The van der Waals surface area contributed by atoms with E-state index < -0.39 is 0 Å². The van der Waals surface area contributed by atoms with Gasteiger partial charge in [0.15, 0.2) is 0 Å². The Kier molecular flexibility index (Phi) is 5.05. The average molecular weight is 337 g/mol. The largest absolute Gasteiger partial charge is 0.0622 e. The number of hydrogen-bond acceptors (Lipinski definition) is 0. The Morgan fingerprint density at radius 1 is 0.708 bits per heavy atom. The van der Waals surface area contributed by atoms with Crippen LogP contribution in [0.3, 0.4) is 0 Å². The Bertz CT molecular complexity index is 471. The quantitative estimate of drug-likeness (QED) is 0.487. The van der Waals surface area contributed by atoms with E-state index in [4.69, 9.17) is 0 Å². The molecule has 24 heavy (non-hydrogen) atoms. The third-order valence-electron chi connectivity index (χ3n) is 10.7. The predicted octanol–water partition coefficient (Wildman–Crippen LogP) is 8.07. The highest BCUT2D eigenvalue weighted by Gasteiger charge is 2.78. The van der Waals surface area contributed by atoms with Crippen LogP contribution in [0, 0.1) is 50.2 Å². The molecule has 0 aromatic heterocycles. The van der Waals surface area contributed by atoms with Gasteiger partial charge in [0, 0.05) is 0 Å². The first-order chi connectivity index (χ1) is 10.3. The average Bonchev–Trinajstić information content (AvgIpc) is 2.41. The molecule has 144 valence electrons. The van der Waals surface area contributed by atoms with Gasteiger partial charge in [-0.3, -0.25) is 0 Å². The lowest BCUT2D eigenvalue weighted by Crippen LogP contribution is -2.77. The SMILES string of the molecule is CC(C)C(C)(C)C1(C)C(C)C(C)(C)C1(C)C(C)(C)C(C)C(C)(C)C. The summed E-state index contributed by atoms with van der Waals surface area (Å²) in [6, 6.07) is 0. The molecule has 1 rings (SSSR count). The lowest BCUT2D eigenvalue weighted by Gasteiger charge is -2.82. The van der Waals surface area contributed by atoms with Crippen LogP contribution >= 0.6 is 0 Å². The summed E-state index contributed by atoms with van der Waals surface area (Å²) in [5.41, 5.74) is 1.85. The standard InChI is InChI=1S/C24H48/c1-16(2)20(8,9)23(14)18(4)22(12,13)24(23,15)21(10,11)17(3)19(5,6)7/h16-18H,1-15H3. The van der Waals surface area contributed by atoms with E-state index in [1.165, 1.54) is 0 Å². The lowest BCUT2D eigenvalue weighted by molar-refractivity contribution is -0.351. The third kappa shape index (κ3) is 2.23. The van der Waals surface area contributed by atoms with Crippen molar-refractivity contribution in [3.63, 3.8) is 0 Å². The van der Waals surface area contributed by atoms with Gasteiger partial charge in [0.05, 0.1) is 0 Å². The zero-order valence-corrected chi connectivity index (χ0v) is 19.7. The molecule has 0 saturated heterocycles. The topological polar surface area (TPSA) is 0 Å². The maximum absolute atomic E-state index is 2.62. The third-order valence-corrected chi connectivity index (χ3v) is 10.7. The van der Waals surface area contributed by atoms with Crippen LogP contribution in [0.5, 0.6) is 0 Å². The van der Waals surface area contributed by atoms with Gasteiger partial charge in [-0.25, -0.2) is 0 Å². The van der Waals surface area contributed by atoms with Crippen LogP contribution in [0.1, 0.15) is 104 Å². The smallest absolute Gasteiger partial charge is 0.0156 e. The first-order valence-electron chi connectivity index (χ1n) is 10.3. The molecule has 0 N–H and O–H groups in total. The normalized spacial score (nSPS) is 35.8. The molecule has 0 heterocycles. The van der Waals surface area contributed by atoms with Gasteiger partial charge in [-0.1, -0.05) is 104 Å². The van der Waals surface area contributed by atoms with Crippen molar-refractivity contribution >= 4 is 0 Å². The highest BCUT2D eigenvalue weighted by molar-refractivity contribution is 5.25. The second-order valence-corrected chi connectivity index (χ2v) is 12.5. The van der Waals surface area contributed by atoms with Crippen molar-refractivity contribution in [1.82, 2.24) is 0 Å². The fourth-order valence-corrected chi connectivity index (χ4v) is 7.00. The Balaban J connectivity index is 3.66. The maximum atomic E-state index is 2.62. The molecular formula is C24H48. The van der Waals surface area contributed by atoms with Crippen LogP contribution in [0.25, 0.3) is 0 Å². The molecule has 4 unspecified atom stereocenters. The van der Waals surface area contributed by atoms with Crippen molar-refractivity contribution in [2.75, 3.05) is 0 Å². The van der Waals surface area contributed by atoms with E-state index in [0.29, 0.717) is 33.5 Å². The van der Waals surface area contributed by atoms with Crippen molar-refractivity contribution in [3.8, 4) is 0 Å². The number of hydrogen-bond donors (Lipinski definition) is 0. The molecule has 1 fully saturated rings. The molecule has 1 aliphatic rings. The summed E-state index contributed by atoms with van der Waals surface area (Å²) in [4.78, 5) is 0. The molecule has 0 nitrogen and oxygen atoms in total. The van der Waals surface area contributed by atoms with E-state index >= 15 is 0 Å². The van der Waals surface area contributed by atoms with Crippen molar-refractivity contribution in [3.05, 3.63) is 0 Å². The maximum Gasteiger partial charge on any atom is -0.0156 e. The van der Waals surface area contributed by atoms with Gasteiger partial charge in [0.2, 0.25) is 0 Å². The molecule has 0 aliphatic heterocycles. The molecule has 1 saturated carbocycles. The van der Waals surface area contributed by atoms with Crippen LogP contribution in [-0.2, 0) is 0 Å². The van der Waals surface area contributed by atoms with Gasteiger partial charge in [0.1, 0.15) is 0 Å². The van der Waals surface area contributed by atoms with Crippen LogP contribution in [0.2, 0.25) is 0 Å². The monoisotopic (exact) mass is 336 g/mol. The Morgan fingerprint density at radius 3 is 1.38 bits per heavy atom. The van der Waals surface area contributed by atoms with Crippen molar-refractivity contribution in [1.29, 1.82) is 0 Å². The zero-order chi connectivity index (χ0) is 19.7. The van der Waals surface area contributed by atoms with E-state index in [1.54, 1.807) is 0 Å². The van der Waals surface area contributed by atoms with E-state index in [1.807, 2.05) is 0 Å². The molecule has 4 atom stereocenters. The summed E-state index contributed by atoms with van der Waals surface area (Å²) in [6.07, 6.45) is 0. The second-order valence-electron chi connectivity index (χ2n) is 12.5. The van der Waals surface area contributed by atoms with Gasteiger partial charge in [-0.2, -0.15) is 0 Å². The Morgan fingerprint density at radius 2 is 1.08 bits per heavy atom. The highest BCUT2D eigenvalue weighted by atomic mass is 14.8. The van der Waals surface area contributed by atoms with Crippen LogP contribution in [-0.4, -0.2) is 0 Å². The van der Waals surface area contributed by atoms with Gasteiger partial charge in [-0.05, 0) is 50.2 Å². The Hall–Kier alpha value is 0. The molecule has 0 heteroatoms. The molecule has 0 aromatic rings. The van der Waals surface area contributed by atoms with Gasteiger partial charge >= 0.3 is 0 Å². The van der Waals surface area contributed by atoms with Gasteiger partial charge in [0.25, 0.3) is 0 Å². The first-order valence-corrected chi connectivity index (χ1v) is 10.3. The summed E-state index contributed by atoms with van der Waals surface area (Å²) < 4.78 is 0. The van der Waals surface area contributed by atoms with Crippen LogP contribution < -0.4 is 0 Å². The minimum absolute atomic E-state index is 0.266. The summed E-state index contributed by atoms with van der Waals surface area (Å²) in [6.45, 7) is 37.6. The van der Waals surface area contributed by atoms with Crippen LogP contribution in [0.15, 0.2) is 0 Å². The molecule has 0 radical (unpaired) electrons. The molecule has 0 aromatic carbocycles. The number of rotatable bonds is 4. The van der Waals surface area contributed by atoms with E-state index in [9.17, 15) is 0 Å². The molecule has 0 bridgehead atoms. The molecule has 0 spiro atoms. The van der Waals surface area contributed by atoms with Crippen molar-refractivity contribution in [2.45, 2.75) is 104 Å². The van der Waals surface area contributed by atoms with Crippen LogP contribution in [0.4, 0.5) is 0 Å². The fraction of sp³-hybridized carbons (Fsp3) is 1.00. The van der Waals surface area contributed by atoms with E-state index in [2.05, 4.69) is 104 Å². The second kappa shape index (κ2) is 5.50. The van der Waals surface area contributed by atoms with Crippen molar-refractivity contribution in [2.24, 2.45) is 50.2 Å². The summed E-state index contributed by atoms with van der Waals surface area (Å²) in [5, 5.41) is 0. The van der Waals surface area contributed by atoms with Gasteiger partial charge < -0.3 is 0 Å². The molecular weight excluding hydrogens is 288 g/mol. The summed E-state index contributed by atoms with van der Waals surface area (Å²) in [7, 11) is 0. The fourth-order valence-electron chi connectivity index (χ4n) is 7.00. The van der Waals surface area contributed by atoms with E-state index in [-0.39, 0.29) is 10.8 Å². The van der Waals surface area contributed by atoms with Crippen molar-refractivity contribution < 1.29 is 0 Å².